The molecular weight excluding hydrogens is 229 g/mol. The highest BCUT2D eigenvalue weighted by atomic mass is 19.1. The van der Waals surface area contributed by atoms with Gasteiger partial charge in [0.1, 0.15) is 0 Å². The Balaban J connectivity index is 1.83. The summed E-state index contributed by atoms with van der Waals surface area (Å²) in [7, 11) is 0. The van der Waals surface area contributed by atoms with Crippen LogP contribution in [-0.2, 0) is 0 Å². The highest BCUT2D eigenvalue weighted by Crippen LogP contribution is 2.20. The van der Waals surface area contributed by atoms with Crippen LogP contribution in [0.25, 0.3) is 0 Å². The molecule has 100 valence electrons. The van der Waals surface area contributed by atoms with Crippen molar-refractivity contribution in [2.24, 2.45) is 5.92 Å². The van der Waals surface area contributed by atoms with Gasteiger partial charge >= 0.3 is 0 Å². The molecule has 1 aromatic rings. The molecule has 1 aliphatic rings. The van der Waals surface area contributed by atoms with Crippen LogP contribution >= 0.6 is 0 Å². The summed E-state index contributed by atoms with van der Waals surface area (Å²) in [5, 5.41) is 3.54. The van der Waals surface area contributed by atoms with Gasteiger partial charge in [-0.05, 0) is 37.4 Å². The Morgan fingerprint density at radius 2 is 2.39 bits per heavy atom. The summed E-state index contributed by atoms with van der Waals surface area (Å²) >= 11 is 0. The lowest BCUT2D eigenvalue weighted by Crippen LogP contribution is -2.34. The molecule has 4 heteroatoms. The lowest BCUT2D eigenvalue weighted by atomic mass is 10.1. The molecule has 1 fully saturated rings. The quantitative estimate of drug-likeness (QED) is 0.871. The largest absolute Gasteiger partial charge is 0.353 e. The zero-order valence-electron chi connectivity index (χ0n) is 11.2. The Bertz CT molecular complexity index is 381. The van der Waals surface area contributed by atoms with Gasteiger partial charge in [0.2, 0.25) is 0 Å². The Morgan fingerprint density at radius 3 is 3.11 bits per heavy atom. The first kappa shape index (κ1) is 13.3. The van der Waals surface area contributed by atoms with Crippen molar-refractivity contribution < 1.29 is 4.39 Å². The molecule has 0 aromatic carbocycles. The van der Waals surface area contributed by atoms with Gasteiger partial charge in [-0.3, -0.25) is 0 Å². The normalized spacial score (nSPS) is 19.8. The number of hydrogen-bond donors (Lipinski definition) is 1. The SMILES string of the molecule is CC(C)CCN[C@@H]1CCN(c2ncccc2F)C1. The average Bonchev–Trinajstić information content (AvgIpc) is 2.78. The van der Waals surface area contributed by atoms with Gasteiger partial charge in [-0.1, -0.05) is 13.8 Å². The molecule has 0 unspecified atom stereocenters. The molecule has 0 aliphatic carbocycles. The molecular formula is C14H22FN3. The highest BCUT2D eigenvalue weighted by molar-refractivity contribution is 5.41. The Hall–Kier alpha value is -1.16. The van der Waals surface area contributed by atoms with Crippen molar-refractivity contribution in [1.82, 2.24) is 10.3 Å². The third-order valence-electron chi connectivity index (χ3n) is 3.38. The molecule has 1 aromatic heterocycles. The van der Waals surface area contributed by atoms with E-state index in [9.17, 15) is 4.39 Å². The van der Waals surface area contributed by atoms with Crippen LogP contribution in [0.15, 0.2) is 18.3 Å². The fourth-order valence-electron chi connectivity index (χ4n) is 2.31. The topological polar surface area (TPSA) is 28.2 Å². The number of rotatable bonds is 5. The van der Waals surface area contributed by atoms with Crippen molar-refractivity contribution in [2.45, 2.75) is 32.7 Å². The van der Waals surface area contributed by atoms with Crippen molar-refractivity contribution in [2.75, 3.05) is 24.5 Å². The van der Waals surface area contributed by atoms with E-state index in [2.05, 4.69) is 24.1 Å². The minimum Gasteiger partial charge on any atom is -0.353 e. The zero-order chi connectivity index (χ0) is 13.0. The van der Waals surface area contributed by atoms with Crippen LogP contribution < -0.4 is 10.2 Å². The van der Waals surface area contributed by atoms with Gasteiger partial charge in [-0.2, -0.15) is 0 Å². The summed E-state index contributed by atoms with van der Waals surface area (Å²) in [6, 6.07) is 3.57. The van der Waals surface area contributed by atoms with E-state index in [-0.39, 0.29) is 5.82 Å². The van der Waals surface area contributed by atoms with Crippen molar-refractivity contribution in [3.63, 3.8) is 0 Å². The maximum atomic E-state index is 13.6. The van der Waals surface area contributed by atoms with Gasteiger partial charge in [0.15, 0.2) is 11.6 Å². The number of pyridine rings is 1. The number of halogens is 1. The fraction of sp³-hybridized carbons (Fsp3) is 0.643. The molecule has 1 aliphatic heterocycles. The monoisotopic (exact) mass is 251 g/mol. The van der Waals surface area contributed by atoms with Gasteiger partial charge in [0.05, 0.1) is 0 Å². The van der Waals surface area contributed by atoms with Gasteiger partial charge in [0.25, 0.3) is 0 Å². The lowest BCUT2D eigenvalue weighted by molar-refractivity contribution is 0.487. The molecule has 0 saturated carbocycles. The van der Waals surface area contributed by atoms with Gasteiger partial charge in [0, 0.05) is 25.3 Å². The number of nitrogens with zero attached hydrogens (tertiary/aromatic N) is 2. The fourth-order valence-corrected chi connectivity index (χ4v) is 2.31. The molecule has 3 nitrogen and oxygen atoms in total. The summed E-state index contributed by atoms with van der Waals surface area (Å²) in [4.78, 5) is 6.16. The molecule has 1 saturated heterocycles. The van der Waals surface area contributed by atoms with E-state index in [1.54, 1.807) is 12.3 Å². The molecule has 18 heavy (non-hydrogen) atoms. The summed E-state index contributed by atoms with van der Waals surface area (Å²) in [5.74, 6) is 0.995. The van der Waals surface area contributed by atoms with E-state index < -0.39 is 0 Å². The van der Waals surface area contributed by atoms with Crippen molar-refractivity contribution >= 4 is 5.82 Å². The number of nitrogens with one attached hydrogen (secondary N) is 1. The molecule has 2 rings (SSSR count). The van der Waals surface area contributed by atoms with Crippen LogP contribution in [0, 0.1) is 11.7 Å². The summed E-state index contributed by atoms with van der Waals surface area (Å²) in [6.07, 6.45) is 3.90. The Kier molecular flexibility index (Phi) is 4.53. The van der Waals surface area contributed by atoms with Crippen molar-refractivity contribution in [1.29, 1.82) is 0 Å². The average molecular weight is 251 g/mol. The minimum absolute atomic E-state index is 0.222. The van der Waals surface area contributed by atoms with Crippen molar-refractivity contribution in [3.05, 3.63) is 24.1 Å². The van der Waals surface area contributed by atoms with Crippen molar-refractivity contribution in [3.8, 4) is 0 Å². The number of aromatic nitrogens is 1. The number of hydrogen-bond acceptors (Lipinski definition) is 3. The first-order valence-corrected chi connectivity index (χ1v) is 6.75. The molecule has 2 heterocycles. The first-order valence-electron chi connectivity index (χ1n) is 6.75. The van der Waals surface area contributed by atoms with Gasteiger partial charge < -0.3 is 10.2 Å². The summed E-state index contributed by atoms with van der Waals surface area (Å²) in [6.45, 7) is 7.23. The number of anilines is 1. The zero-order valence-corrected chi connectivity index (χ0v) is 11.2. The van der Waals surface area contributed by atoms with E-state index in [0.717, 1.165) is 32.0 Å². The van der Waals surface area contributed by atoms with E-state index >= 15 is 0 Å². The minimum atomic E-state index is -0.222. The molecule has 0 bridgehead atoms. The first-order chi connectivity index (χ1) is 8.66. The molecule has 0 radical (unpaired) electrons. The smallest absolute Gasteiger partial charge is 0.165 e. The van der Waals surface area contributed by atoms with Crippen LogP contribution in [0.1, 0.15) is 26.7 Å². The van der Waals surface area contributed by atoms with Gasteiger partial charge in [-0.25, -0.2) is 9.37 Å². The molecule has 0 spiro atoms. The maximum Gasteiger partial charge on any atom is 0.165 e. The predicted octanol–water partition coefficient (Wildman–Crippen LogP) is 2.44. The third-order valence-corrected chi connectivity index (χ3v) is 3.38. The molecule has 0 amide bonds. The third kappa shape index (κ3) is 3.42. The van der Waals surface area contributed by atoms with Crippen LogP contribution in [0.5, 0.6) is 0 Å². The van der Waals surface area contributed by atoms with E-state index in [4.69, 9.17) is 0 Å². The van der Waals surface area contributed by atoms with E-state index in [1.807, 2.05) is 4.90 Å². The second kappa shape index (κ2) is 6.14. The van der Waals surface area contributed by atoms with Crippen LogP contribution in [0.3, 0.4) is 0 Å². The molecule has 1 atom stereocenters. The highest BCUT2D eigenvalue weighted by Gasteiger charge is 2.24. The Morgan fingerprint density at radius 1 is 1.56 bits per heavy atom. The Labute approximate surface area is 108 Å². The maximum absolute atomic E-state index is 13.6. The standard InChI is InChI=1S/C14H22FN3/c1-11(2)5-8-16-12-6-9-18(10-12)14-13(15)4-3-7-17-14/h3-4,7,11-12,16H,5-6,8-10H2,1-2H3/t12-/m1/s1. The van der Waals surface area contributed by atoms with Gasteiger partial charge in [-0.15, -0.1) is 0 Å². The van der Waals surface area contributed by atoms with Crippen LogP contribution in [0.2, 0.25) is 0 Å². The summed E-state index contributed by atoms with van der Waals surface area (Å²) in [5.41, 5.74) is 0. The van der Waals surface area contributed by atoms with E-state index in [1.165, 1.54) is 12.5 Å². The van der Waals surface area contributed by atoms with Crippen LogP contribution in [-0.4, -0.2) is 30.7 Å². The second-order valence-electron chi connectivity index (χ2n) is 5.38. The molecule has 1 N–H and O–H groups in total. The van der Waals surface area contributed by atoms with Crippen LogP contribution in [0.4, 0.5) is 10.2 Å². The lowest BCUT2D eigenvalue weighted by Gasteiger charge is -2.18. The second-order valence-corrected chi connectivity index (χ2v) is 5.38. The van der Waals surface area contributed by atoms with E-state index in [0.29, 0.717) is 11.9 Å². The predicted molar refractivity (Wildman–Crippen MR) is 72.3 cm³/mol. The summed E-state index contributed by atoms with van der Waals surface area (Å²) < 4.78 is 13.6.